The minimum Gasteiger partial charge on any atom is -0.396 e. The number of hydrogen-bond donors (Lipinski definition) is 2. The van der Waals surface area contributed by atoms with Crippen molar-refractivity contribution < 1.29 is 10.2 Å². The van der Waals surface area contributed by atoms with Gasteiger partial charge in [-0.2, -0.15) is 0 Å². The van der Waals surface area contributed by atoms with Gasteiger partial charge in [0.15, 0.2) is 0 Å². The van der Waals surface area contributed by atoms with E-state index in [0.29, 0.717) is 13.0 Å². The fourth-order valence-corrected chi connectivity index (χ4v) is 4.70. The van der Waals surface area contributed by atoms with E-state index in [1.54, 1.807) is 17.7 Å². The smallest absolute Gasteiger partial charge is 0.141 e. The van der Waals surface area contributed by atoms with Crippen molar-refractivity contribution in [2.75, 3.05) is 24.6 Å². The summed E-state index contributed by atoms with van der Waals surface area (Å²) >= 11 is 1.70. The van der Waals surface area contributed by atoms with Crippen LogP contribution < -0.4 is 4.90 Å². The number of thiophene rings is 1. The number of nitrogens with zero attached hydrogens (tertiary/aromatic N) is 3. The molecule has 0 radical (unpaired) electrons. The van der Waals surface area contributed by atoms with E-state index in [0.717, 1.165) is 35.4 Å². The molecule has 3 rings (SSSR count). The molecule has 1 fully saturated rings. The summed E-state index contributed by atoms with van der Waals surface area (Å²) in [6, 6.07) is 0. The molecule has 0 bridgehead atoms. The lowest BCUT2D eigenvalue weighted by atomic mass is 9.74. The molecule has 1 aliphatic heterocycles. The lowest BCUT2D eigenvalue weighted by Gasteiger charge is -2.46. The molecule has 2 N–H and O–H groups in total. The van der Waals surface area contributed by atoms with Gasteiger partial charge in [-0.3, -0.25) is 0 Å². The molecule has 23 heavy (non-hydrogen) atoms. The Morgan fingerprint density at radius 3 is 2.87 bits per heavy atom. The van der Waals surface area contributed by atoms with Crippen LogP contribution in [0.15, 0.2) is 6.33 Å². The highest BCUT2D eigenvalue weighted by Gasteiger charge is 2.42. The second-order valence-electron chi connectivity index (χ2n) is 6.66. The summed E-state index contributed by atoms with van der Waals surface area (Å²) in [6.45, 7) is 7.73. The van der Waals surface area contributed by atoms with Crippen molar-refractivity contribution in [2.45, 2.75) is 46.1 Å². The third kappa shape index (κ3) is 2.73. The van der Waals surface area contributed by atoms with Crippen LogP contribution in [0.2, 0.25) is 0 Å². The van der Waals surface area contributed by atoms with E-state index < -0.39 is 11.5 Å². The molecule has 0 aliphatic carbocycles. The number of aromatic nitrogens is 2. The Balaban J connectivity index is 2.02. The SMILES string of the molecule is CCC[C@@]1(CO)CN(c2ncnc3sc(C)c(C)c23)CC[C@@H]1O. The molecule has 6 heteroatoms. The molecule has 0 aromatic carbocycles. The van der Waals surface area contributed by atoms with Crippen LogP contribution in [0, 0.1) is 19.3 Å². The Morgan fingerprint density at radius 2 is 2.17 bits per heavy atom. The van der Waals surface area contributed by atoms with E-state index in [2.05, 4.69) is 35.6 Å². The largest absolute Gasteiger partial charge is 0.396 e. The first-order chi connectivity index (χ1) is 11.0. The molecule has 0 unspecified atom stereocenters. The van der Waals surface area contributed by atoms with Crippen molar-refractivity contribution in [3.05, 3.63) is 16.8 Å². The predicted molar refractivity (Wildman–Crippen MR) is 94.2 cm³/mol. The van der Waals surface area contributed by atoms with Crippen molar-refractivity contribution >= 4 is 27.4 Å². The topological polar surface area (TPSA) is 69.5 Å². The third-order valence-corrected chi connectivity index (χ3v) is 6.31. The normalized spacial score (nSPS) is 25.3. The number of piperidine rings is 1. The Morgan fingerprint density at radius 1 is 1.39 bits per heavy atom. The summed E-state index contributed by atoms with van der Waals surface area (Å²) in [5, 5.41) is 21.6. The molecule has 2 atom stereocenters. The minimum absolute atomic E-state index is 0.00831. The first-order valence-electron chi connectivity index (χ1n) is 8.27. The fraction of sp³-hybridized carbons (Fsp3) is 0.647. The highest BCUT2D eigenvalue weighted by Crippen LogP contribution is 2.40. The van der Waals surface area contributed by atoms with Crippen LogP contribution in [0.3, 0.4) is 0 Å². The zero-order chi connectivity index (χ0) is 16.6. The number of aliphatic hydroxyl groups excluding tert-OH is 2. The van der Waals surface area contributed by atoms with Gasteiger partial charge in [-0.15, -0.1) is 11.3 Å². The zero-order valence-electron chi connectivity index (χ0n) is 14.0. The molecule has 2 aromatic heterocycles. The van der Waals surface area contributed by atoms with Crippen molar-refractivity contribution in [1.29, 1.82) is 0 Å². The van der Waals surface area contributed by atoms with Gasteiger partial charge in [0.05, 0.1) is 18.1 Å². The van der Waals surface area contributed by atoms with E-state index >= 15 is 0 Å². The van der Waals surface area contributed by atoms with Gasteiger partial charge in [-0.25, -0.2) is 9.97 Å². The average Bonchev–Trinajstić information content (AvgIpc) is 2.84. The molecular formula is C17H25N3O2S. The van der Waals surface area contributed by atoms with Crippen LogP contribution in [-0.4, -0.2) is 46.0 Å². The number of hydrogen-bond acceptors (Lipinski definition) is 6. The zero-order valence-corrected chi connectivity index (χ0v) is 14.9. The molecule has 1 aliphatic rings. The van der Waals surface area contributed by atoms with Gasteiger partial charge in [0.25, 0.3) is 0 Å². The Hall–Kier alpha value is -1.24. The van der Waals surface area contributed by atoms with Gasteiger partial charge in [0.2, 0.25) is 0 Å². The van der Waals surface area contributed by atoms with Gasteiger partial charge < -0.3 is 15.1 Å². The van der Waals surface area contributed by atoms with Gasteiger partial charge in [0.1, 0.15) is 17.0 Å². The number of aliphatic hydroxyl groups is 2. The standard InChI is InChI=1S/C17H25N3O2S/c1-4-6-17(9-21)8-20(7-5-13(17)22)15-14-11(2)12(3)23-16(14)19-10-18-15/h10,13,21-22H,4-9H2,1-3H3/t13-,17-/m0/s1. The van der Waals surface area contributed by atoms with Crippen LogP contribution in [0.4, 0.5) is 5.82 Å². The Kier molecular flexibility index (Phi) is 4.58. The van der Waals surface area contributed by atoms with Crippen molar-refractivity contribution in [3.63, 3.8) is 0 Å². The Bertz CT molecular complexity index is 702. The lowest BCUT2D eigenvalue weighted by Crippen LogP contribution is -2.54. The number of fused-ring (bicyclic) bond motifs is 1. The molecule has 0 spiro atoms. The highest BCUT2D eigenvalue weighted by molar-refractivity contribution is 7.18. The molecule has 5 nitrogen and oxygen atoms in total. The predicted octanol–water partition coefficient (Wildman–Crippen LogP) is 2.66. The van der Waals surface area contributed by atoms with Gasteiger partial charge >= 0.3 is 0 Å². The van der Waals surface area contributed by atoms with E-state index in [4.69, 9.17) is 0 Å². The van der Waals surface area contributed by atoms with Gasteiger partial charge in [-0.05, 0) is 32.3 Å². The van der Waals surface area contributed by atoms with E-state index in [1.807, 2.05) is 0 Å². The minimum atomic E-state index is -0.455. The van der Waals surface area contributed by atoms with Crippen molar-refractivity contribution in [3.8, 4) is 0 Å². The number of anilines is 1. The highest BCUT2D eigenvalue weighted by atomic mass is 32.1. The summed E-state index contributed by atoms with van der Waals surface area (Å²) in [5.74, 6) is 0.942. The quantitative estimate of drug-likeness (QED) is 0.899. The molecule has 126 valence electrons. The van der Waals surface area contributed by atoms with Crippen molar-refractivity contribution in [1.82, 2.24) is 9.97 Å². The van der Waals surface area contributed by atoms with E-state index in [9.17, 15) is 10.2 Å². The van der Waals surface area contributed by atoms with Crippen LogP contribution in [0.5, 0.6) is 0 Å². The molecule has 2 aromatic rings. The van der Waals surface area contributed by atoms with Crippen LogP contribution >= 0.6 is 11.3 Å². The third-order valence-electron chi connectivity index (χ3n) is 5.19. The first kappa shape index (κ1) is 16.6. The van der Waals surface area contributed by atoms with Crippen LogP contribution in [-0.2, 0) is 0 Å². The molecular weight excluding hydrogens is 310 g/mol. The summed E-state index contributed by atoms with van der Waals surface area (Å²) in [4.78, 5) is 13.5. The first-order valence-corrected chi connectivity index (χ1v) is 9.08. The maximum atomic E-state index is 10.5. The maximum absolute atomic E-state index is 10.5. The average molecular weight is 335 g/mol. The maximum Gasteiger partial charge on any atom is 0.141 e. The number of aryl methyl sites for hydroxylation is 2. The van der Waals surface area contributed by atoms with E-state index in [-0.39, 0.29) is 6.61 Å². The molecule has 3 heterocycles. The lowest BCUT2D eigenvalue weighted by molar-refractivity contribution is -0.0352. The van der Waals surface area contributed by atoms with E-state index in [1.165, 1.54) is 10.4 Å². The molecule has 0 saturated carbocycles. The summed E-state index contributed by atoms with van der Waals surface area (Å²) in [5.41, 5.74) is 0.778. The number of rotatable bonds is 4. The molecule has 1 saturated heterocycles. The second kappa shape index (κ2) is 6.34. The monoisotopic (exact) mass is 335 g/mol. The Labute approximate surface area is 141 Å². The second-order valence-corrected chi connectivity index (χ2v) is 7.86. The van der Waals surface area contributed by atoms with Gasteiger partial charge in [0, 0.05) is 23.4 Å². The summed E-state index contributed by atoms with van der Waals surface area (Å²) < 4.78 is 0. The van der Waals surface area contributed by atoms with Gasteiger partial charge in [-0.1, -0.05) is 13.3 Å². The van der Waals surface area contributed by atoms with Crippen molar-refractivity contribution in [2.24, 2.45) is 5.41 Å². The van der Waals surface area contributed by atoms with Crippen LogP contribution in [0.1, 0.15) is 36.6 Å². The summed E-state index contributed by atoms with van der Waals surface area (Å²) in [7, 11) is 0. The molecule has 0 amide bonds. The van der Waals surface area contributed by atoms with Crippen LogP contribution in [0.25, 0.3) is 10.2 Å². The fourth-order valence-electron chi connectivity index (χ4n) is 3.71. The summed E-state index contributed by atoms with van der Waals surface area (Å²) in [6.07, 6.45) is 3.59.